The van der Waals surface area contributed by atoms with Crippen LogP contribution in [0.15, 0.2) is 96.6 Å². The molecule has 0 saturated carbocycles. The highest BCUT2D eigenvalue weighted by Crippen LogP contribution is 2.37. The first-order valence-electron chi connectivity index (χ1n) is 12.7. The quantitative estimate of drug-likeness (QED) is 0.204. The zero-order chi connectivity index (χ0) is 27.0. The number of anilines is 3. The summed E-state index contributed by atoms with van der Waals surface area (Å²) in [4.78, 5) is 28.5. The SMILES string of the molecule is COc1ccc(N(c2ccc(/C=C3\C(=O)c4ccc(C(C)(C)C)cc4C3=O)cc2)c2cccc(C)c2)cc1. The minimum atomic E-state index is -0.214. The number of carbonyl (C=O) groups is 2. The van der Waals surface area contributed by atoms with Gasteiger partial charge in [-0.1, -0.05) is 51.1 Å². The van der Waals surface area contributed by atoms with Gasteiger partial charge in [-0.3, -0.25) is 9.59 Å². The van der Waals surface area contributed by atoms with Crippen molar-refractivity contribution in [2.24, 2.45) is 0 Å². The number of benzene rings is 4. The minimum Gasteiger partial charge on any atom is -0.497 e. The van der Waals surface area contributed by atoms with Gasteiger partial charge < -0.3 is 9.64 Å². The summed E-state index contributed by atoms with van der Waals surface area (Å²) in [6.07, 6.45) is 1.70. The molecule has 4 aromatic carbocycles. The Morgan fingerprint density at radius 2 is 1.34 bits per heavy atom. The van der Waals surface area contributed by atoms with Gasteiger partial charge in [-0.15, -0.1) is 0 Å². The molecule has 0 N–H and O–H groups in total. The highest BCUT2D eigenvalue weighted by atomic mass is 16.5. The lowest BCUT2D eigenvalue weighted by molar-refractivity contribution is 0.0990. The predicted molar refractivity (Wildman–Crippen MR) is 154 cm³/mol. The van der Waals surface area contributed by atoms with Gasteiger partial charge in [-0.2, -0.15) is 0 Å². The lowest BCUT2D eigenvalue weighted by Crippen LogP contribution is -2.12. The van der Waals surface area contributed by atoms with Crippen molar-refractivity contribution in [2.75, 3.05) is 12.0 Å². The molecule has 1 aliphatic carbocycles. The van der Waals surface area contributed by atoms with Crippen LogP contribution in [-0.4, -0.2) is 18.7 Å². The summed E-state index contributed by atoms with van der Waals surface area (Å²) in [5.74, 6) is 0.371. The second-order valence-electron chi connectivity index (χ2n) is 10.7. The number of carbonyl (C=O) groups excluding carboxylic acids is 2. The molecule has 0 unspecified atom stereocenters. The van der Waals surface area contributed by atoms with Gasteiger partial charge in [0.15, 0.2) is 11.6 Å². The summed E-state index contributed by atoms with van der Waals surface area (Å²) in [6, 6.07) is 29.8. The van der Waals surface area contributed by atoms with Crippen LogP contribution in [0, 0.1) is 6.92 Å². The molecule has 0 radical (unpaired) electrons. The van der Waals surface area contributed by atoms with E-state index >= 15 is 0 Å². The Bertz CT molecular complexity index is 1560. The van der Waals surface area contributed by atoms with Crippen LogP contribution in [0.2, 0.25) is 0 Å². The fraction of sp³-hybridized carbons (Fsp3) is 0.176. The van der Waals surface area contributed by atoms with E-state index in [1.807, 2.05) is 66.7 Å². The van der Waals surface area contributed by atoms with E-state index < -0.39 is 0 Å². The van der Waals surface area contributed by atoms with Crippen molar-refractivity contribution >= 4 is 34.7 Å². The summed E-state index contributed by atoms with van der Waals surface area (Å²) in [7, 11) is 1.66. The van der Waals surface area contributed by atoms with Crippen LogP contribution in [0.1, 0.15) is 58.2 Å². The number of hydrogen-bond donors (Lipinski definition) is 0. The van der Waals surface area contributed by atoms with Gasteiger partial charge in [0.25, 0.3) is 0 Å². The fourth-order valence-electron chi connectivity index (χ4n) is 4.75. The molecule has 0 heterocycles. The lowest BCUT2D eigenvalue weighted by atomic mass is 9.85. The molecule has 38 heavy (non-hydrogen) atoms. The fourth-order valence-corrected chi connectivity index (χ4v) is 4.75. The Kier molecular flexibility index (Phi) is 6.50. The number of allylic oxidation sites excluding steroid dienone is 1. The van der Waals surface area contributed by atoms with Crippen LogP contribution < -0.4 is 9.64 Å². The summed E-state index contributed by atoms with van der Waals surface area (Å²) >= 11 is 0. The minimum absolute atomic E-state index is 0.103. The zero-order valence-electron chi connectivity index (χ0n) is 22.4. The van der Waals surface area contributed by atoms with E-state index in [9.17, 15) is 9.59 Å². The Morgan fingerprint density at radius 3 is 1.95 bits per heavy atom. The number of aryl methyl sites for hydroxylation is 1. The number of nitrogens with zero attached hydrogens (tertiary/aromatic N) is 1. The van der Waals surface area contributed by atoms with Gasteiger partial charge in [0.2, 0.25) is 0 Å². The maximum atomic E-state index is 13.2. The Balaban J connectivity index is 1.49. The van der Waals surface area contributed by atoms with Crippen LogP contribution in [-0.2, 0) is 5.41 Å². The average molecular weight is 502 g/mol. The van der Waals surface area contributed by atoms with Gasteiger partial charge in [0.05, 0.1) is 12.7 Å². The molecule has 4 aromatic rings. The summed E-state index contributed by atoms with van der Waals surface area (Å²) < 4.78 is 5.34. The number of Topliss-reactive ketones (excluding diaryl/α,β-unsaturated/α-hetero) is 2. The van der Waals surface area contributed by atoms with E-state index in [1.54, 1.807) is 19.3 Å². The van der Waals surface area contributed by atoms with Gasteiger partial charge in [0.1, 0.15) is 5.75 Å². The molecule has 0 fully saturated rings. The normalized spacial score (nSPS) is 14.1. The molecular weight excluding hydrogens is 470 g/mol. The molecule has 0 bridgehead atoms. The third-order valence-electron chi connectivity index (χ3n) is 6.92. The second-order valence-corrected chi connectivity index (χ2v) is 10.7. The van der Waals surface area contributed by atoms with Crippen LogP contribution in [0.5, 0.6) is 5.75 Å². The third-order valence-corrected chi connectivity index (χ3v) is 6.92. The molecule has 0 saturated heterocycles. The van der Waals surface area contributed by atoms with Gasteiger partial charge in [0, 0.05) is 28.2 Å². The molecular formula is C34H31NO3. The molecule has 1 aliphatic rings. The van der Waals surface area contributed by atoms with Crippen molar-refractivity contribution in [3.8, 4) is 5.75 Å². The van der Waals surface area contributed by atoms with Crippen molar-refractivity contribution in [3.63, 3.8) is 0 Å². The smallest absolute Gasteiger partial charge is 0.197 e. The van der Waals surface area contributed by atoms with E-state index in [4.69, 9.17) is 4.74 Å². The van der Waals surface area contributed by atoms with Crippen molar-refractivity contribution in [1.82, 2.24) is 0 Å². The third kappa shape index (κ3) is 4.78. The summed E-state index contributed by atoms with van der Waals surface area (Å²) in [5.41, 5.74) is 7.08. The van der Waals surface area contributed by atoms with Crippen molar-refractivity contribution in [3.05, 3.63) is 124 Å². The maximum Gasteiger partial charge on any atom is 0.197 e. The van der Waals surface area contributed by atoms with E-state index in [0.29, 0.717) is 11.1 Å². The highest BCUT2D eigenvalue weighted by molar-refractivity contribution is 6.41. The van der Waals surface area contributed by atoms with Crippen molar-refractivity contribution in [1.29, 1.82) is 0 Å². The topological polar surface area (TPSA) is 46.6 Å². The van der Waals surface area contributed by atoms with Gasteiger partial charge >= 0.3 is 0 Å². The maximum absolute atomic E-state index is 13.2. The van der Waals surface area contributed by atoms with E-state index in [-0.39, 0.29) is 22.6 Å². The van der Waals surface area contributed by atoms with Gasteiger partial charge in [-0.25, -0.2) is 0 Å². The first-order chi connectivity index (χ1) is 18.2. The number of fused-ring (bicyclic) bond motifs is 1. The molecule has 190 valence electrons. The number of methoxy groups -OCH3 is 1. The second kappa shape index (κ2) is 9.79. The molecule has 0 aliphatic heterocycles. The molecule has 4 heteroatoms. The monoisotopic (exact) mass is 501 g/mol. The number of rotatable bonds is 5. The summed E-state index contributed by atoms with van der Waals surface area (Å²) in [6.45, 7) is 8.36. The molecule has 0 spiro atoms. The van der Waals surface area contributed by atoms with Crippen LogP contribution in [0.4, 0.5) is 17.1 Å². The first kappa shape index (κ1) is 25.2. The lowest BCUT2D eigenvalue weighted by Gasteiger charge is -2.26. The molecule has 5 rings (SSSR count). The summed E-state index contributed by atoms with van der Waals surface area (Å²) in [5, 5.41) is 0. The molecule has 0 atom stereocenters. The van der Waals surface area contributed by atoms with E-state index in [2.05, 4.69) is 50.8 Å². The molecule has 4 nitrogen and oxygen atoms in total. The van der Waals surface area contributed by atoms with Gasteiger partial charge in [-0.05, 0) is 95.8 Å². The Morgan fingerprint density at radius 1 is 0.711 bits per heavy atom. The van der Waals surface area contributed by atoms with Crippen LogP contribution in [0.25, 0.3) is 6.08 Å². The van der Waals surface area contributed by atoms with E-state index in [0.717, 1.165) is 39.5 Å². The number of hydrogen-bond acceptors (Lipinski definition) is 4. The average Bonchev–Trinajstić information content (AvgIpc) is 3.14. The Labute approximate surface area is 224 Å². The molecule has 0 amide bonds. The molecule has 0 aromatic heterocycles. The van der Waals surface area contributed by atoms with Crippen molar-refractivity contribution in [2.45, 2.75) is 33.1 Å². The Hall–Kier alpha value is -4.44. The number of ether oxygens (including phenoxy) is 1. The zero-order valence-corrected chi connectivity index (χ0v) is 22.4. The standard InChI is InChI=1S/C34H31NO3/c1-22-7-6-8-27(19-22)35(26-14-16-28(38-5)17-15-26)25-12-9-23(10-13-25)20-31-32(36)29-18-11-24(34(2,3)4)21-30(29)33(31)37/h6-21H,1-5H3/b31-20+. The van der Waals surface area contributed by atoms with E-state index in [1.165, 1.54) is 0 Å². The first-order valence-corrected chi connectivity index (χ1v) is 12.7. The number of ketones is 2. The van der Waals surface area contributed by atoms with Crippen LogP contribution >= 0.6 is 0 Å². The van der Waals surface area contributed by atoms with Crippen molar-refractivity contribution < 1.29 is 14.3 Å². The predicted octanol–water partition coefficient (Wildman–Crippen LogP) is 8.23. The van der Waals surface area contributed by atoms with Crippen LogP contribution in [0.3, 0.4) is 0 Å². The largest absolute Gasteiger partial charge is 0.497 e. The highest BCUT2D eigenvalue weighted by Gasteiger charge is 2.34.